The van der Waals surface area contributed by atoms with Crippen LogP contribution in [0.15, 0.2) is 42.5 Å². The van der Waals surface area contributed by atoms with Crippen molar-refractivity contribution in [2.45, 2.75) is 20.0 Å². The van der Waals surface area contributed by atoms with Crippen molar-refractivity contribution in [3.05, 3.63) is 53.6 Å². The van der Waals surface area contributed by atoms with Gasteiger partial charge in [0.1, 0.15) is 0 Å². The molecule has 2 aromatic rings. The van der Waals surface area contributed by atoms with Gasteiger partial charge in [0.15, 0.2) is 11.5 Å². The van der Waals surface area contributed by atoms with Gasteiger partial charge in [-0.05, 0) is 37.1 Å². The van der Waals surface area contributed by atoms with Crippen LogP contribution >= 0.6 is 0 Å². The maximum atomic E-state index is 5.80. The van der Waals surface area contributed by atoms with Crippen LogP contribution in [-0.2, 0) is 0 Å². The first-order chi connectivity index (χ1) is 10.6. The standard InChI is InChI=1S/C19H22O3/c1-14(2)22-19-17(20-3)12-16(13-18(19)21-4)11-10-15-8-6-5-7-9-15/h5-14H,1-4H3/b11-10+. The summed E-state index contributed by atoms with van der Waals surface area (Å²) in [5, 5.41) is 0. The van der Waals surface area contributed by atoms with Crippen LogP contribution in [0.25, 0.3) is 12.2 Å². The van der Waals surface area contributed by atoms with Crippen LogP contribution < -0.4 is 14.2 Å². The molecule has 3 heteroatoms. The zero-order valence-corrected chi connectivity index (χ0v) is 13.5. The second kappa shape index (κ2) is 7.55. The Balaban J connectivity index is 2.35. The van der Waals surface area contributed by atoms with Gasteiger partial charge in [-0.3, -0.25) is 0 Å². The maximum Gasteiger partial charge on any atom is 0.203 e. The molecule has 0 unspecified atom stereocenters. The molecule has 0 aliphatic rings. The smallest absolute Gasteiger partial charge is 0.203 e. The second-order valence-corrected chi connectivity index (χ2v) is 5.17. The molecule has 0 aliphatic carbocycles. The van der Waals surface area contributed by atoms with Gasteiger partial charge in [0.2, 0.25) is 5.75 Å². The van der Waals surface area contributed by atoms with E-state index in [1.54, 1.807) is 14.2 Å². The molecule has 0 fully saturated rings. The number of ether oxygens (including phenoxy) is 3. The van der Waals surface area contributed by atoms with Crippen molar-refractivity contribution in [1.29, 1.82) is 0 Å². The monoisotopic (exact) mass is 298 g/mol. The van der Waals surface area contributed by atoms with E-state index in [2.05, 4.69) is 18.2 Å². The van der Waals surface area contributed by atoms with E-state index in [9.17, 15) is 0 Å². The Kier molecular flexibility index (Phi) is 5.48. The third-order valence-corrected chi connectivity index (χ3v) is 3.10. The molecule has 0 aromatic heterocycles. The second-order valence-electron chi connectivity index (χ2n) is 5.17. The number of rotatable bonds is 6. The Labute approximate surface area is 132 Å². The number of benzene rings is 2. The Bertz CT molecular complexity index is 605. The van der Waals surface area contributed by atoms with Crippen molar-refractivity contribution in [2.75, 3.05) is 14.2 Å². The summed E-state index contributed by atoms with van der Waals surface area (Å²) >= 11 is 0. The zero-order valence-electron chi connectivity index (χ0n) is 13.5. The van der Waals surface area contributed by atoms with Crippen molar-refractivity contribution < 1.29 is 14.2 Å². The highest BCUT2D eigenvalue weighted by Crippen LogP contribution is 2.39. The summed E-state index contributed by atoms with van der Waals surface area (Å²) in [6.07, 6.45) is 4.13. The highest BCUT2D eigenvalue weighted by molar-refractivity contribution is 5.72. The van der Waals surface area contributed by atoms with E-state index in [0.717, 1.165) is 11.1 Å². The van der Waals surface area contributed by atoms with Crippen LogP contribution in [0.2, 0.25) is 0 Å². The van der Waals surface area contributed by atoms with Crippen molar-refractivity contribution >= 4 is 12.2 Å². The fraction of sp³-hybridized carbons (Fsp3) is 0.263. The minimum absolute atomic E-state index is 0.0495. The van der Waals surface area contributed by atoms with E-state index >= 15 is 0 Å². The van der Waals surface area contributed by atoms with Crippen molar-refractivity contribution in [3.8, 4) is 17.2 Å². The summed E-state index contributed by atoms with van der Waals surface area (Å²) in [4.78, 5) is 0. The summed E-state index contributed by atoms with van der Waals surface area (Å²) in [7, 11) is 3.26. The lowest BCUT2D eigenvalue weighted by Gasteiger charge is -2.17. The molecule has 0 bridgehead atoms. The van der Waals surface area contributed by atoms with E-state index < -0.39 is 0 Å². The third-order valence-electron chi connectivity index (χ3n) is 3.10. The van der Waals surface area contributed by atoms with Crippen LogP contribution in [0.5, 0.6) is 17.2 Å². The highest BCUT2D eigenvalue weighted by Gasteiger charge is 2.14. The molecule has 0 radical (unpaired) electrons. The van der Waals surface area contributed by atoms with Crippen LogP contribution in [0.4, 0.5) is 0 Å². The van der Waals surface area contributed by atoms with E-state index in [-0.39, 0.29) is 6.10 Å². The molecule has 0 heterocycles. The van der Waals surface area contributed by atoms with E-state index in [1.807, 2.05) is 50.3 Å². The first-order valence-electron chi connectivity index (χ1n) is 7.30. The van der Waals surface area contributed by atoms with Gasteiger partial charge in [0.05, 0.1) is 20.3 Å². The molecule has 0 amide bonds. The molecule has 0 saturated carbocycles. The summed E-state index contributed by atoms with van der Waals surface area (Å²) in [5.74, 6) is 1.97. The summed E-state index contributed by atoms with van der Waals surface area (Å²) < 4.78 is 16.7. The molecule has 0 saturated heterocycles. The average molecular weight is 298 g/mol. The number of methoxy groups -OCH3 is 2. The van der Waals surface area contributed by atoms with Crippen molar-refractivity contribution in [2.24, 2.45) is 0 Å². The molecule has 0 aliphatic heterocycles. The molecular weight excluding hydrogens is 276 g/mol. The Hall–Kier alpha value is -2.42. The molecule has 0 N–H and O–H groups in total. The van der Waals surface area contributed by atoms with E-state index in [1.165, 1.54) is 0 Å². The minimum atomic E-state index is 0.0495. The first-order valence-corrected chi connectivity index (χ1v) is 7.30. The minimum Gasteiger partial charge on any atom is -0.493 e. The predicted octanol–water partition coefficient (Wildman–Crippen LogP) is 4.66. The molecule has 0 spiro atoms. The lowest BCUT2D eigenvalue weighted by atomic mass is 10.1. The van der Waals surface area contributed by atoms with Crippen molar-refractivity contribution in [1.82, 2.24) is 0 Å². The van der Waals surface area contributed by atoms with E-state index in [0.29, 0.717) is 17.2 Å². The lowest BCUT2D eigenvalue weighted by molar-refractivity contribution is 0.218. The fourth-order valence-corrected chi connectivity index (χ4v) is 2.10. The Morgan fingerprint density at radius 3 is 1.86 bits per heavy atom. The molecule has 116 valence electrons. The van der Waals surface area contributed by atoms with Crippen molar-refractivity contribution in [3.63, 3.8) is 0 Å². The first kappa shape index (κ1) is 16.0. The number of hydrogen-bond donors (Lipinski definition) is 0. The van der Waals surface area contributed by atoms with Gasteiger partial charge in [-0.15, -0.1) is 0 Å². The maximum absolute atomic E-state index is 5.80. The van der Waals surface area contributed by atoms with Crippen LogP contribution in [0.1, 0.15) is 25.0 Å². The molecule has 2 rings (SSSR count). The van der Waals surface area contributed by atoms with Gasteiger partial charge in [0, 0.05) is 0 Å². The lowest BCUT2D eigenvalue weighted by Crippen LogP contribution is -2.08. The van der Waals surface area contributed by atoms with Gasteiger partial charge >= 0.3 is 0 Å². The molecule has 2 aromatic carbocycles. The largest absolute Gasteiger partial charge is 0.493 e. The summed E-state index contributed by atoms with van der Waals surface area (Å²) in [6.45, 7) is 3.95. The zero-order chi connectivity index (χ0) is 15.9. The predicted molar refractivity (Wildman–Crippen MR) is 90.7 cm³/mol. The summed E-state index contributed by atoms with van der Waals surface area (Å²) in [5.41, 5.74) is 2.14. The quantitative estimate of drug-likeness (QED) is 0.726. The fourth-order valence-electron chi connectivity index (χ4n) is 2.10. The normalized spacial score (nSPS) is 11.0. The van der Waals surface area contributed by atoms with Gasteiger partial charge in [-0.2, -0.15) is 0 Å². The molecule has 3 nitrogen and oxygen atoms in total. The Morgan fingerprint density at radius 1 is 0.818 bits per heavy atom. The van der Waals surface area contributed by atoms with Crippen LogP contribution in [0, 0.1) is 0 Å². The summed E-state index contributed by atoms with van der Waals surface area (Å²) in [6, 6.07) is 14.0. The third kappa shape index (κ3) is 4.04. The van der Waals surface area contributed by atoms with Gasteiger partial charge in [0.25, 0.3) is 0 Å². The highest BCUT2D eigenvalue weighted by atomic mass is 16.5. The van der Waals surface area contributed by atoms with Gasteiger partial charge in [-0.1, -0.05) is 42.5 Å². The number of hydrogen-bond acceptors (Lipinski definition) is 3. The molecule has 22 heavy (non-hydrogen) atoms. The Morgan fingerprint density at radius 2 is 1.36 bits per heavy atom. The van der Waals surface area contributed by atoms with Crippen LogP contribution in [0.3, 0.4) is 0 Å². The van der Waals surface area contributed by atoms with Gasteiger partial charge in [-0.25, -0.2) is 0 Å². The average Bonchev–Trinajstić information content (AvgIpc) is 2.54. The molecular formula is C19H22O3. The SMILES string of the molecule is COc1cc(/C=C/c2ccccc2)cc(OC)c1OC(C)C. The topological polar surface area (TPSA) is 27.7 Å². The van der Waals surface area contributed by atoms with Gasteiger partial charge < -0.3 is 14.2 Å². The van der Waals surface area contributed by atoms with E-state index in [4.69, 9.17) is 14.2 Å². The molecule has 0 atom stereocenters. The van der Waals surface area contributed by atoms with Crippen LogP contribution in [-0.4, -0.2) is 20.3 Å².